The van der Waals surface area contributed by atoms with Gasteiger partial charge in [-0.3, -0.25) is 9.78 Å². The fourth-order valence-electron chi connectivity index (χ4n) is 4.06. The van der Waals surface area contributed by atoms with Crippen LogP contribution in [0.1, 0.15) is 23.3 Å². The Labute approximate surface area is 156 Å². The number of carbonyl (C=O) groups is 1. The molecule has 1 saturated carbocycles. The van der Waals surface area contributed by atoms with E-state index in [9.17, 15) is 4.79 Å². The molecule has 27 heavy (non-hydrogen) atoms. The Morgan fingerprint density at radius 1 is 1.22 bits per heavy atom. The van der Waals surface area contributed by atoms with Crippen molar-refractivity contribution in [3.63, 3.8) is 0 Å². The Kier molecular flexibility index (Phi) is 3.53. The van der Waals surface area contributed by atoms with Crippen LogP contribution in [0.2, 0.25) is 0 Å². The third-order valence-corrected chi connectivity index (χ3v) is 5.57. The van der Waals surface area contributed by atoms with Gasteiger partial charge < -0.3 is 19.5 Å². The van der Waals surface area contributed by atoms with Crippen LogP contribution in [0.15, 0.2) is 37.1 Å². The van der Waals surface area contributed by atoms with Crippen molar-refractivity contribution in [2.24, 2.45) is 0 Å². The number of pyridine rings is 1. The molecule has 2 fully saturated rings. The van der Waals surface area contributed by atoms with Crippen molar-refractivity contribution < 1.29 is 9.53 Å². The van der Waals surface area contributed by atoms with Crippen molar-refractivity contribution in [2.45, 2.75) is 18.4 Å². The van der Waals surface area contributed by atoms with Gasteiger partial charge in [0.2, 0.25) is 0 Å². The molecule has 0 radical (unpaired) electrons. The van der Waals surface area contributed by atoms with Gasteiger partial charge in [0.05, 0.1) is 30.7 Å². The number of ether oxygens (including phenoxy) is 1. The lowest BCUT2D eigenvalue weighted by Gasteiger charge is -2.43. The van der Waals surface area contributed by atoms with Gasteiger partial charge in [-0.1, -0.05) is 0 Å². The summed E-state index contributed by atoms with van der Waals surface area (Å²) in [6.07, 6.45) is 10.3. The van der Waals surface area contributed by atoms with Crippen LogP contribution in [0.4, 0.5) is 5.69 Å². The average Bonchev–Trinajstić information content (AvgIpc) is 3.29. The molecular formula is C19H20N6O2. The van der Waals surface area contributed by atoms with E-state index in [0.29, 0.717) is 12.2 Å². The highest BCUT2D eigenvalue weighted by Gasteiger charge is 2.54. The summed E-state index contributed by atoms with van der Waals surface area (Å²) in [4.78, 5) is 33.1. The zero-order chi connectivity index (χ0) is 18.4. The number of piperazine rings is 1. The predicted octanol–water partition coefficient (Wildman–Crippen LogP) is 1.86. The van der Waals surface area contributed by atoms with Crippen molar-refractivity contribution in [1.29, 1.82) is 0 Å². The molecule has 5 rings (SSSR count). The number of aromatic nitrogens is 4. The Morgan fingerprint density at radius 2 is 2.11 bits per heavy atom. The zero-order valence-corrected chi connectivity index (χ0v) is 15.1. The molecule has 8 nitrogen and oxygen atoms in total. The Bertz CT molecular complexity index is 998. The normalized spacial score (nSPS) is 18.1. The summed E-state index contributed by atoms with van der Waals surface area (Å²) >= 11 is 0. The van der Waals surface area contributed by atoms with Crippen LogP contribution in [0.3, 0.4) is 0 Å². The molecule has 2 aliphatic rings. The maximum Gasteiger partial charge on any atom is 0.274 e. The van der Waals surface area contributed by atoms with E-state index in [2.05, 4.69) is 24.8 Å². The van der Waals surface area contributed by atoms with Gasteiger partial charge >= 0.3 is 0 Å². The number of hydrogen-bond acceptors (Lipinski definition) is 6. The van der Waals surface area contributed by atoms with Crippen LogP contribution in [0, 0.1) is 0 Å². The molecule has 0 bridgehead atoms. The number of nitrogens with zero attached hydrogens (tertiary/aromatic N) is 5. The molecule has 8 heteroatoms. The van der Waals surface area contributed by atoms with Crippen LogP contribution in [-0.2, 0) is 0 Å². The fourth-order valence-corrected chi connectivity index (χ4v) is 4.06. The molecule has 1 amide bonds. The number of fused-ring (bicyclic) bond motifs is 1. The molecule has 1 aliphatic carbocycles. The smallest absolute Gasteiger partial charge is 0.274 e. The molecule has 0 unspecified atom stereocenters. The van der Waals surface area contributed by atoms with E-state index in [1.54, 1.807) is 31.9 Å². The van der Waals surface area contributed by atoms with Gasteiger partial charge in [-0.05, 0) is 18.9 Å². The quantitative estimate of drug-likeness (QED) is 0.763. The van der Waals surface area contributed by atoms with Gasteiger partial charge in [-0.2, -0.15) is 0 Å². The highest BCUT2D eigenvalue weighted by Crippen LogP contribution is 2.47. The zero-order valence-electron chi connectivity index (χ0n) is 15.1. The summed E-state index contributed by atoms with van der Waals surface area (Å²) in [6, 6.07) is 2.02. The van der Waals surface area contributed by atoms with Crippen LogP contribution in [-0.4, -0.2) is 63.0 Å². The number of H-pyrrole nitrogens is 1. The first-order chi connectivity index (χ1) is 13.2. The number of aromatic amines is 1. The average molecular weight is 364 g/mol. The molecule has 0 atom stereocenters. The van der Waals surface area contributed by atoms with Crippen molar-refractivity contribution in [2.75, 3.05) is 31.6 Å². The number of anilines is 1. The van der Waals surface area contributed by atoms with Gasteiger partial charge in [0.25, 0.3) is 5.91 Å². The van der Waals surface area contributed by atoms with Gasteiger partial charge in [0.15, 0.2) is 5.75 Å². The molecule has 1 saturated heterocycles. The van der Waals surface area contributed by atoms with Gasteiger partial charge in [-0.25, -0.2) is 9.97 Å². The first kappa shape index (κ1) is 16.0. The summed E-state index contributed by atoms with van der Waals surface area (Å²) in [5.74, 6) is 0.723. The Balaban J connectivity index is 1.47. The van der Waals surface area contributed by atoms with Gasteiger partial charge in [0, 0.05) is 43.6 Å². The molecule has 0 aromatic carbocycles. The molecule has 1 spiro atoms. The lowest BCUT2D eigenvalue weighted by Crippen LogP contribution is -2.57. The minimum absolute atomic E-state index is 0.0336. The molecule has 138 valence electrons. The molecular weight excluding hydrogens is 344 g/mol. The maximum absolute atomic E-state index is 13.0. The second-order valence-electron chi connectivity index (χ2n) is 7.11. The Morgan fingerprint density at radius 3 is 2.85 bits per heavy atom. The van der Waals surface area contributed by atoms with E-state index in [1.165, 1.54) is 0 Å². The van der Waals surface area contributed by atoms with Crippen molar-refractivity contribution in [1.82, 2.24) is 24.8 Å². The molecule has 3 aromatic heterocycles. The van der Waals surface area contributed by atoms with E-state index >= 15 is 0 Å². The summed E-state index contributed by atoms with van der Waals surface area (Å²) in [6.45, 7) is 2.15. The maximum atomic E-state index is 13.0. The number of amides is 1. The monoisotopic (exact) mass is 364 g/mol. The predicted molar refractivity (Wildman–Crippen MR) is 99.9 cm³/mol. The van der Waals surface area contributed by atoms with Crippen molar-refractivity contribution in [3.05, 3.63) is 42.7 Å². The second kappa shape index (κ2) is 5.94. The second-order valence-corrected chi connectivity index (χ2v) is 7.11. The molecule has 1 N–H and O–H groups in total. The number of nitrogens with one attached hydrogen (secondary N) is 1. The first-order valence-electron chi connectivity index (χ1n) is 9.05. The summed E-state index contributed by atoms with van der Waals surface area (Å²) < 4.78 is 5.59. The van der Waals surface area contributed by atoms with Gasteiger partial charge in [0.1, 0.15) is 11.3 Å². The van der Waals surface area contributed by atoms with E-state index < -0.39 is 0 Å². The molecule has 3 aromatic rings. The first-order valence-corrected chi connectivity index (χ1v) is 9.05. The minimum Gasteiger partial charge on any atom is -0.493 e. The summed E-state index contributed by atoms with van der Waals surface area (Å²) in [5, 5.41) is 1.04. The van der Waals surface area contributed by atoms with E-state index in [0.717, 1.165) is 48.4 Å². The lowest BCUT2D eigenvalue weighted by atomic mass is 10.1. The number of hydrogen-bond donors (Lipinski definition) is 1. The highest BCUT2D eigenvalue weighted by atomic mass is 16.5. The number of methoxy groups -OCH3 is 1. The summed E-state index contributed by atoms with van der Waals surface area (Å²) in [5.41, 5.74) is 2.16. The number of rotatable bonds is 3. The fraction of sp³-hybridized carbons (Fsp3) is 0.368. The largest absolute Gasteiger partial charge is 0.493 e. The van der Waals surface area contributed by atoms with Crippen LogP contribution >= 0.6 is 0 Å². The molecule has 4 heterocycles. The van der Waals surface area contributed by atoms with E-state index in [1.807, 2.05) is 17.2 Å². The lowest BCUT2D eigenvalue weighted by molar-refractivity contribution is 0.0618. The van der Waals surface area contributed by atoms with Crippen LogP contribution in [0.25, 0.3) is 11.0 Å². The standard InChI is InChI=1S/C19H20N6O2/c1-27-15-11-23-17-13(2-5-22-17)16(15)24-8-9-25(19(12-24)3-4-19)18(26)14-10-20-6-7-21-14/h2,5-7,10-11H,3-4,8-9,12H2,1H3,(H,22,23). The van der Waals surface area contributed by atoms with Gasteiger partial charge in [-0.15, -0.1) is 0 Å². The van der Waals surface area contributed by atoms with E-state index in [4.69, 9.17) is 4.74 Å². The number of carbonyl (C=O) groups excluding carboxylic acids is 1. The Hall–Kier alpha value is -3.16. The minimum atomic E-state index is -0.135. The van der Waals surface area contributed by atoms with Crippen molar-refractivity contribution in [3.8, 4) is 5.75 Å². The third kappa shape index (κ3) is 2.51. The van der Waals surface area contributed by atoms with Crippen LogP contribution in [0.5, 0.6) is 5.75 Å². The summed E-state index contributed by atoms with van der Waals surface area (Å²) in [7, 11) is 1.67. The molecule has 1 aliphatic heterocycles. The highest BCUT2D eigenvalue weighted by molar-refractivity contribution is 5.95. The topological polar surface area (TPSA) is 87.2 Å². The van der Waals surface area contributed by atoms with Crippen molar-refractivity contribution >= 4 is 22.6 Å². The SMILES string of the molecule is COc1cnc2[nH]ccc2c1N1CCN(C(=O)c2cnccn2)C2(CC2)C1. The van der Waals surface area contributed by atoms with Crippen LogP contribution < -0.4 is 9.64 Å². The third-order valence-electron chi connectivity index (χ3n) is 5.57. The van der Waals surface area contributed by atoms with E-state index in [-0.39, 0.29) is 11.4 Å².